The molecular weight excluding hydrogens is 238 g/mol. The van der Waals surface area contributed by atoms with Gasteiger partial charge in [0.2, 0.25) is 0 Å². The third kappa shape index (κ3) is 3.88. The van der Waals surface area contributed by atoms with Crippen molar-refractivity contribution in [2.45, 2.75) is 39.2 Å². The van der Waals surface area contributed by atoms with Gasteiger partial charge < -0.3 is 10.0 Å². The molecule has 0 amide bonds. The minimum Gasteiger partial charge on any atom is -0.393 e. The smallest absolute Gasteiger partial charge is 0.164 e. The Balaban J connectivity index is 1.85. The summed E-state index contributed by atoms with van der Waals surface area (Å²) in [5, 5.41) is 9.45. The Hall–Kier alpha value is -1.19. The van der Waals surface area contributed by atoms with Crippen molar-refractivity contribution in [2.75, 3.05) is 19.6 Å². The zero-order valence-corrected chi connectivity index (χ0v) is 11.9. The molecule has 1 saturated heterocycles. The zero-order valence-electron chi connectivity index (χ0n) is 11.9. The van der Waals surface area contributed by atoms with Crippen LogP contribution in [-0.4, -0.2) is 41.5 Å². The SMILES string of the molecule is Cc1ccc(C(=O)CCN2CCC(O)CC2)cc1C. The number of Topliss-reactive ketones (excluding diaryl/α,β-unsaturated/α-hetero) is 1. The van der Waals surface area contributed by atoms with Gasteiger partial charge in [-0.15, -0.1) is 0 Å². The first kappa shape index (κ1) is 14.2. The van der Waals surface area contributed by atoms with Crippen LogP contribution >= 0.6 is 0 Å². The van der Waals surface area contributed by atoms with E-state index in [0.717, 1.165) is 38.0 Å². The molecule has 0 aliphatic carbocycles. The molecule has 104 valence electrons. The monoisotopic (exact) mass is 261 g/mol. The standard InChI is InChI=1S/C16H23NO2/c1-12-3-4-14(11-13(12)2)16(19)7-10-17-8-5-15(18)6-9-17/h3-4,11,15,18H,5-10H2,1-2H3. The molecule has 0 spiro atoms. The number of hydrogen-bond acceptors (Lipinski definition) is 3. The Kier molecular flexibility index (Phi) is 4.72. The number of hydrogen-bond donors (Lipinski definition) is 1. The molecule has 0 radical (unpaired) electrons. The molecule has 1 aliphatic heterocycles. The molecule has 1 heterocycles. The van der Waals surface area contributed by atoms with E-state index in [9.17, 15) is 9.90 Å². The topological polar surface area (TPSA) is 40.5 Å². The fourth-order valence-corrected chi connectivity index (χ4v) is 2.46. The molecule has 1 aromatic carbocycles. The largest absolute Gasteiger partial charge is 0.393 e. The van der Waals surface area contributed by atoms with Crippen LogP contribution in [0.25, 0.3) is 0 Å². The van der Waals surface area contributed by atoms with Crippen LogP contribution in [0.15, 0.2) is 18.2 Å². The molecule has 0 unspecified atom stereocenters. The second kappa shape index (κ2) is 6.31. The fraction of sp³-hybridized carbons (Fsp3) is 0.562. The molecule has 1 aliphatic rings. The van der Waals surface area contributed by atoms with Crippen LogP contribution in [0.2, 0.25) is 0 Å². The van der Waals surface area contributed by atoms with E-state index in [2.05, 4.69) is 11.8 Å². The third-order valence-corrected chi connectivity index (χ3v) is 4.04. The average Bonchev–Trinajstić information content (AvgIpc) is 2.41. The first-order chi connectivity index (χ1) is 9.06. The maximum absolute atomic E-state index is 12.1. The van der Waals surface area contributed by atoms with Gasteiger partial charge in [-0.05, 0) is 43.9 Å². The Morgan fingerprint density at radius 3 is 2.58 bits per heavy atom. The second-order valence-electron chi connectivity index (χ2n) is 5.55. The van der Waals surface area contributed by atoms with Gasteiger partial charge in [0, 0.05) is 31.6 Å². The van der Waals surface area contributed by atoms with Crippen molar-refractivity contribution in [3.8, 4) is 0 Å². The molecule has 0 aromatic heterocycles. The maximum atomic E-state index is 12.1. The molecule has 1 N–H and O–H groups in total. The number of carbonyl (C=O) groups excluding carboxylic acids is 1. The highest BCUT2D eigenvalue weighted by Crippen LogP contribution is 2.14. The molecule has 0 bridgehead atoms. The summed E-state index contributed by atoms with van der Waals surface area (Å²) in [6.45, 7) is 6.71. The number of aliphatic hydroxyl groups excluding tert-OH is 1. The summed E-state index contributed by atoms with van der Waals surface area (Å²) in [6.07, 6.45) is 2.08. The molecule has 1 aromatic rings. The van der Waals surface area contributed by atoms with Crippen molar-refractivity contribution >= 4 is 5.78 Å². The highest BCUT2D eigenvalue weighted by atomic mass is 16.3. The number of benzene rings is 1. The van der Waals surface area contributed by atoms with Crippen molar-refractivity contribution in [2.24, 2.45) is 0 Å². The lowest BCUT2D eigenvalue weighted by Crippen LogP contribution is -2.37. The van der Waals surface area contributed by atoms with E-state index in [4.69, 9.17) is 0 Å². The maximum Gasteiger partial charge on any atom is 0.164 e. The van der Waals surface area contributed by atoms with Gasteiger partial charge in [-0.3, -0.25) is 4.79 Å². The number of carbonyl (C=O) groups is 1. The number of likely N-dealkylation sites (tertiary alicyclic amines) is 1. The Bertz CT molecular complexity index is 448. The number of piperidine rings is 1. The molecule has 3 heteroatoms. The quantitative estimate of drug-likeness (QED) is 0.846. The highest BCUT2D eigenvalue weighted by Gasteiger charge is 2.17. The zero-order chi connectivity index (χ0) is 13.8. The number of aryl methyl sites for hydroxylation is 2. The lowest BCUT2D eigenvalue weighted by Gasteiger charge is -2.29. The summed E-state index contributed by atoms with van der Waals surface area (Å²) < 4.78 is 0. The summed E-state index contributed by atoms with van der Waals surface area (Å²) in [7, 11) is 0. The van der Waals surface area contributed by atoms with Gasteiger partial charge >= 0.3 is 0 Å². The van der Waals surface area contributed by atoms with Crippen LogP contribution in [0.3, 0.4) is 0 Å². The molecular formula is C16H23NO2. The Morgan fingerprint density at radius 1 is 1.26 bits per heavy atom. The van der Waals surface area contributed by atoms with E-state index in [-0.39, 0.29) is 11.9 Å². The first-order valence-corrected chi connectivity index (χ1v) is 7.07. The van der Waals surface area contributed by atoms with Crippen molar-refractivity contribution in [3.05, 3.63) is 34.9 Å². The van der Waals surface area contributed by atoms with Gasteiger partial charge in [-0.25, -0.2) is 0 Å². The van der Waals surface area contributed by atoms with Crippen LogP contribution in [0.5, 0.6) is 0 Å². The summed E-state index contributed by atoms with van der Waals surface area (Å²) >= 11 is 0. The van der Waals surface area contributed by atoms with Gasteiger partial charge in [0.15, 0.2) is 5.78 Å². The van der Waals surface area contributed by atoms with Gasteiger partial charge in [0.1, 0.15) is 0 Å². The summed E-state index contributed by atoms with van der Waals surface area (Å²) in [5.41, 5.74) is 3.22. The van der Waals surface area contributed by atoms with Crippen molar-refractivity contribution in [1.29, 1.82) is 0 Å². The number of ketones is 1. The van der Waals surface area contributed by atoms with E-state index < -0.39 is 0 Å². The summed E-state index contributed by atoms with van der Waals surface area (Å²) in [6, 6.07) is 5.92. The number of rotatable bonds is 4. The molecule has 3 nitrogen and oxygen atoms in total. The Morgan fingerprint density at radius 2 is 1.95 bits per heavy atom. The minimum atomic E-state index is -0.147. The molecule has 0 atom stereocenters. The minimum absolute atomic E-state index is 0.147. The van der Waals surface area contributed by atoms with Gasteiger partial charge in [0.25, 0.3) is 0 Å². The summed E-state index contributed by atoms with van der Waals surface area (Å²) in [5.74, 6) is 0.217. The molecule has 2 rings (SSSR count). The molecule has 0 saturated carbocycles. The fourth-order valence-electron chi connectivity index (χ4n) is 2.46. The lowest BCUT2D eigenvalue weighted by molar-refractivity contribution is 0.0778. The van der Waals surface area contributed by atoms with E-state index >= 15 is 0 Å². The van der Waals surface area contributed by atoms with Crippen LogP contribution < -0.4 is 0 Å². The normalized spacial score (nSPS) is 17.6. The van der Waals surface area contributed by atoms with Crippen LogP contribution in [-0.2, 0) is 0 Å². The lowest BCUT2D eigenvalue weighted by atomic mass is 10.0. The van der Waals surface area contributed by atoms with E-state index in [1.165, 1.54) is 11.1 Å². The van der Waals surface area contributed by atoms with E-state index in [0.29, 0.717) is 6.42 Å². The second-order valence-corrected chi connectivity index (χ2v) is 5.55. The number of aliphatic hydroxyl groups is 1. The van der Waals surface area contributed by atoms with Gasteiger partial charge in [0.05, 0.1) is 6.10 Å². The van der Waals surface area contributed by atoms with Crippen LogP contribution in [0, 0.1) is 13.8 Å². The predicted octanol–water partition coefficient (Wildman–Crippen LogP) is 2.33. The van der Waals surface area contributed by atoms with Crippen LogP contribution in [0.1, 0.15) is 40.7 Å². The Labute approximate surface area is 115 Å². The van der Waals surface area contributed by atoms with Crippen molar-refractivity contribution in [3.63, 3.8) is 0 Å². The van der Waals surface area contributed by atoms with Crippen molar-refractivity contribution in [1.82, 2.24) is 4.90 Å². The average molecular weight is 261 g/mol. The van der Waals surface area contributed by atoms with Gasteiger partial charge in [-0.1, -0.05) is 12.1 Å². The first-order valence-electron chi connectivity index (χ1n) is 7.07. The van der Waals surface area contributed by atoms with Crippen molar-refractivity contribution < 1.29 is 9.90 Å². The predicted molar refractivity (Wildman–Crippen MR) is 76.5 cm³/mol. The highest BCUT2D eigenvalue weighted by molar-refractivity contribution is 5.96. The van der Waals surface area contributed by atoms with Crippen LogP contribution in [0.4, 0.5) is 0 Å². The van der Waals surface area contributed by atoms with E-state index in [1.807, 2.05) is 25.1 Å². The van der Waals surface area contributed by atoms with E-state index in [1.54, 1.807) is 0 Å². The summed E-state index contributed by atoms with van der Waals surface area (Å²) in [4.78, 5) is 14.4. The van der Waals surface area contributed by atoms with Gasteiger partial charge in [-0.2, -0.15) is 0 Å². The molecule has 1 fully saturated rings. The number of nitrogens with zero attached hydrogens (tertiary/aromatic N) is 1. The molecule has 19 heavy (non-hydrogen) atoms. The third-order valence-electron chi connectivity index (χ3n) is 4.04.